The molecule has 1 heteroatoms. The Balaban J connectivity index is 1.29. The molecule has 0 saturated carbocycles. The van der Waals surface area contributed by atoms with Gasteiger partial charge < -0.3 is 0 Å². The van der Waals surface area contributed by atoms with Gasteiger partial charge in [-0.05, 0) is 112 Å². The topological polar surface area (TPSA) is 12.9 Å². The first-order valence-corrected chi connectivity index (χ1v) is 16.0. The van der Waals surface area contributed by atoms with E-state index in [0.29, 0.717) is 0 Å². The molecule has 0 aliphatic carbocycles. The summed E-state index contributed by atoms with van der Waals surface area (Å²) in [7, 11) is 0. The molecule has 7 aromatic carbocycles. The molecule has 0 radical (unpaired) electrons. The monoisotopic (exact) mass is 589 g/mol. The van der Waals surface area contributed by atoms with Gasteiger partial charge in [-0.2, -0.15) is 0 Å². The molecule has 0 N–H and O–H groups in total. The van der Waals surface area contributed by atoms with Crippen molar-refractivity contribution in [2.45, 2.75) is 26.2 Å². The number of hydrogen-bond acceptors (Lipinski definition) is 1. The SMILES string of the molecule is CC(C)(C)c1cccc(-c2c3ccccc3c(-c3ccc4ccc(-c5ccc(-c6ccncc6)cc5)cc4c3)c3ccccc23)c1. The van der Waals surface area contributed by atoms with Crippen LogP contribution < -0.4 is 0 Å². The molecular formula is C45H35N. The number of aromatic nitrogens is 1. The molecule has 1 nitrogen and oxygen atoms in total. The Morgan fingerprint density at radius 3 is 1.39 bits per heavy atom. The predicted molar refractivity (Wildman–Crippen MR) is 197 cm³/mol. The lowest BCUT2D eigenvalue weighted by molar-refractivity contribution is 0.590. The molecule has 0 saturated heterocycles. The largest absolute Gasteiger partial charge is 0.265 e. The zero-order chi connectivity index (χ0) is 31.3. The first-order valence-electron chi connectivity index (χ1n) is 16.0. The third-order valence-corrected chi connectivity index (χ3v) is 9.31. The van der Waals surface area contributed by atoms with Crippen molar-refractivity contribution in [3.63, 3.8) is 0 Å². The second kappa shape index (κ2) is 11.1. The molecule has 0 unspecified atom stereocenters. The van der Waals surface area contributed by atoms with Gasteiger partial charge in [-0.25, -0.2) is 0 Å². The maximum Gasteiger partial charge on any atom is 0.0273 e. The van der Waals surface area contributed by atoms with Gasteiger partial charge in [0.25, 0.3) is 0 Å². The predicted octanol–water partition coefficient (Wildman–Crippen LogP) is 12.5. The van der Waals surface area contributed by atoms with Crippen molar-refractivity contribution in [2.24, 2.45) is 0 Å². The zero-order valence-electron chi connectivity index (χ0n) is 26.5. The van der Waals surface area contributed by atoms with Crippen molar-refractivity contribution in [1.82, 2.24) is 4.98 Å². The highest BCUT2D eigenvalue weighted by atomic mass is 14.6. The minimum absolute atomic E-state index is 0.0765. The highest BCUT2D eigenvalue weighted by molar-refractivity contribution is 6.21. The van der Waals surface area contributed by atoms with Crippen LogP contribution in [0.25, 0.3) is 76.8 Å². The Labute approximate surface area is 270 Å². The van der Waals surface area contributed by atoms with Crippen molar-refractivity contribution < 1.29 is 0 Å². The maximum atomic E-state index is 4.16. The second-order valence-corrected chi connectivity index (χ2v) is 13.3. The van der Waals surface area contributed by atoms with Crippen molar-refractivity contribution in [1.29, 1.82) is 0 Å². The summed E-state index contributed by atoms with van der Waals surface area (Å²) in [5, 5.41) is 7.60. The minimum Gasteiger partial charge on any atom is -0.265 e. The summed E-state index contributed by atoms with van der Waals surface area (Å²) in [5.41, 5.74) is 11.3. The van der Waals surface area contributed by atoms with Crippen molar-refractivity contribution in [3.05, 3.63) is 164 Å². The molecular weight excluding hydrogens is 555 g/mol. The number of nitrogens with zero attached hydrogens (tertiary/aromatic N) is 1. The summed E-state index contributed by atoms with van der Waals surface area (Å²) in [6, 6.07) is 53.6. The molecule has 46 heavy (non-hydrogen) atoms. The lowest BCUT2D eigenvalue weighted by Gasteiger charge is -2.22. The van der Waals surface area contributed by atoms with Gasteiger partial charge in [-0.1, -0.05) is 142 Å². The fourth-order valence-electron chi connectivity index (χ4n) is 6.87. The molecule has 1 heterocycles. The molecule has 8 rings (SSSR count). The molecule has 8 aromatic rings. The summed E-state index contributed by atoms with van der Waals surface area (Å²) in [4.78, 5) is 4.16. The van der Waals surface area contributed by atoms with Gasteiger partial charge in [-0.15, -0.1) is 0 Å². The third kappa shape index (κ3) is 4.95. The van der Waals surface area contributed by atoms with E-state index in [0.717, 1.165) is 0 Å². The van der Waals surface area contributed by atoms with Crippen LogP contribution in [0.2, 0.25) is 0 Å². The van der Waals surface area contributed by atoms with Gasteiger partial charge >= 0.3 is 0 Å². The summed E-state index contributed by atoms with van der Waals surface area (Å²) in [5.74, 6) is 0. The first kappa shape index (κ1) is 28.0. The van der Waals surface area contributed by atoms with Crippen molar-refractivity contribution >= 4 is 32.3 Å². The molecule has 0 aliphatic heterocycles. The van der Waals surface area contributed by atoms with Crippen LogP contribution in [-0.2, 0) is 5.41 Å². The Bertz CT molecular complexity index is 2320. The standard InChI is InChI=1S/C45H35N/c1-45(2,3)38-10-8-9-35(29-38)43-39-11-4-6-13-41(39)44(42-14-7-5-12-40(42)43)36-22-20-32-19-21-34(27-37(32)28-36)31-17-15-30(16-18-31)33-23-25-46-26-24-33/h4-29H,1-3H3. The van der Waals surface area contributed by atoms with Crippen LogP contribution in [0.1, 0.15) is 26.3 Å². The first-order chi connectivity index (χ1) is 22.4. The minimum atomic E-state index is 0.0765. The Kier molecular flexibility index (Phi) is 6.76. The molecule has 0 aliphatic rings. The van der Waals surface area contributed by atoms with E-state index in [9.17, 15) is 0 Å². The van der Waals surface area contributed by atoms with Crippen LogP contribution in [0.4, 0.5) is 0 Å². The molecule has 1 aromatic heterocycles. The van der Waals surface area contributed by atoms with Gasteiger partial charge in [0, 0.05) is 12.4 Å². The summed E-state index contributed by atoms with van der Waals surface area (Å²) >= 11 is 0. The lowest BCUT2D eigenvalue weighted by atomic mass is 9.82. The van der Waals surface area contributed by atoms with Gasteiger partial charge in [0.1, 0.15) is 0 Å². The van der Waals surface area contributed by atoms with Crippen LogP contribution >= 0.6 is 0 Å². The quantitative estimate of drug-likeness (QED) is 0.186. The summed E-state index contributed by atoms with van der Waals surface area (Å²) in [6.45, 7) is 6.86. The summed E-state index contributed by atoms with van der Waals surface area (Å²) in [6.07, 6.45) is 3.68. The zero-order valence-corrected chi connectivity index (χ0v) is 26.5. The van der Waals surface area contributed by atoms with Crippen LogP contribution in [0.3, 0.4) is 0 Å². The van der Waals surface area contributed by atoms with Crippen LogP contribution in [0, 0.1) is 0 Å². The van der Waals surface area contributed by atoms with Crippen molar-refractivity contribution in [2.75, 3.05) is 0 Å². The van der Waals surface area contributed by atoms with Crippen LogP contribution in [0.5, 0.6) is 0 Å². The number of pyridine rings is 1. The number of hydrogen-bond donors (Lipinski definition) is 0. The van der Waals surface area contributed by atoms with E-state index in [4.69, 9.17) is 0 Å². The number of fused-ring (bicyclic) bond motifs is 3. The fourth-order valence-corrected chi connectivity index (χ4v) is 6.87. The third-order valence-electron chi connectivity index (χ3n) is 9.31. The van der Waals surface area contributed by atoms with Crippen LogP contribution in [-0.4, -0.2) is 4.98 Å². The fraction of sp³-hybridized carbons (Fsp3) is 0.0889. The van der Waals surface area contributed by atoms with E-state index < -0.39 is 0 Å². The Hall–Kier alpha value is -5.53. The van der Waals surface area contributed by atoms with Gasteiger partial charge in [-0.3, -0.25) is 4.98 Å². The second-order valence-electron chi connectivity index (χ2n) is 13.3. The smallest absolute Gasteiger partial charge is 0.0273 e. The maximum absolute atomic E-state index is 4.16. The lowest BCUT2D eigenvalue weighted by Crippen LogP contribution is -2.10. The normalized spacial score (nSPS) is 11.8. The van der Waals surface area contributed by atoms with E-state index in [2.05, 4.69) is 171 Å². The average molecular weight is 590 g/mol. The number of rotatable bonds is 4. The average Bonchev–Trinajstić information content (AvgIpc) is 3.10. The van der Waals surface area contributed by atoms with Gasteiger partial charge in [0.05, 0.1) is 0 Å². The molecule has 0 atom stereocenters. The highest BCUT2D eigenvalue weighted by Crippen LogP contribution is 2.44. The Morgan fingerprint density at radius 2 is 0.826 bits per heavy atom. The van der Waals surface area contributed by atoms with Gasteiger partial charge in [0.2, 0.25) is 0 Å². The highest BCUT2D eigenvalue weighted by Gasteiger charge is 2.19. The van der Waals surface area contributed by atoms with E-state index in [1.54, 1.807) is 0 Å². The molecule has 0 spiro atoms. The molecule has 220 valence electrons. The summed E-state index contributed by atoms with van der Waals surface area (Å²) < 4.78 is 0. The van der Waals surface area contributed by atoms with Crippen molar-refractivity contribution in [3.8, 4) is 44.5 Å². The molecule has 0 amide bonds. The number of benzene rings is 7. The van der Waals surface area contributed by atoms with E-state index >= 15 is 0 Å². The van der Waals surface area contributed by atoms with E-state index in [1.165, 1.54) is 82.4 Å². The van der Waals surface area contributed by atoms with E-state index in [1.807, 2.05) is 12.4 Å². The van der Waals surface area contributed by atoms with E-state index in [-0.39, 0.29) is 5.41 Å². The van der Waals surface area contributed by atoms with Gasteiger partial charge in [0.15, 0.2) is 0 Å². The molecule has 0 fully saturated rings. The van der Waals surface area contributed by atoms with Crippen LogP contribution in [0.15, 0.2) is 158 Å². The molecule has 0 bridgehead atoms. The Morgan fingerprint density at radius 1 is 0.370 bits per heavy atom.